The Hall–Kier alpha value is -3.00. The molecule has 0 spiro atoms. The van der Waals surface area contributed by atoms with Gasteiger partial charge in [0, 0.05) is 32.2 Å². The van der Waals surface area contributed by atoms with Crippen LogP contribution in [0, 0.1) is 5.82 Å². The lowest BCUT2D eigenvalue weighted by atomic mass is 10.0. The highest BCUT2D eigenvalue weighted by Crippen LogP contribution is 2.25. The summed E-state index contributed by atoms with van der Waals surface area (Å²) >= 11 is 1.53. The Balaban J connectivity index is 1.53. The number of hydrogen-bond acceptors (Lipinski definition) is 5. The van der Waals surface area contributed by atoms with Gasteiger partial charge in [-0.25, -0.2) is 9.07 Å². The molecule has 156 valence electrons. The highest BCUT2D eigenvalue weighted by Gasteiger charge is 2.37. The largest absolute Gasteiger partial charge is 0.366 e. The zero-order chi connectivity index (χ0) is 21.3. The summed E-state index contributed by atoms with van der Waals surface area (Å²) in [5, 5.41) is 6.43. The van der Waals surface area contributed by atoms with Crippen molar-refractivity contribution in [3.8, 4) is 10.6 Å². The summed E-state index contributed by atoms with van der Waals surface area (Å²) < 4.78 is 15.3. The fraction of sp³-hybridized carbons (Fsp3) is 0.318. The Morgan fingerprint density at radius 3 is 2.43 bits per heavy atom. The molecule has 0 radical (unpaired) electrons. The van der Waals surface area contributed by atoms with E-state index in [0.29, 0.717) is 37.6 Å². The van der Waals surface area contributed by atoms with E-state index in [4.69, 9.17) is 0 Å². The van der Waals surface area contributed by atoms with E-state index >= 15 is 0 Å². The van der Waals surface area contributed by atoms with Crippen molar-refractivity contribution in [3.63, 3.8) is 0 Å². The Bertz CT molecular complexity index is 1100. The number of anilines is 1. The van der Waals surface area contributed by atoms with Gasteiger partial charge < -0.3 is 9.80 Å². The summed E-state index contributed by atoms with van der Waals surface area (Å²) in [4.78, 5) is 30.4. The van der Waals surface area contributed by atoms with E-state index in [1.54, 1.807) is 43.0 Å². The standard InChI is InChI=1S/C22H23FN4O2S/c1-22(2,27-20(28)10-9-17(24-27)19-8-5-15-30-19)21(29)26-13-11-25(12-14-26)18-7-4-3-6-16(18)23/h3-10,15H,11-14H2,1-2H3. The molecule has 1 saturated heterocycles. The predicted molar refractivity (Wildman–Crippen MR) is 116 cm³/mol. The molecule has 1 fully saturated rings. The third-order valence-corrected chi connectivity index (χ3v) is 6.28. The van der Waals surface area contributed by atoms with Crippen molar-refractivity contribution in [2.75, 3.05) is 31.1 Å². The number of carbonyl (C=O) groups excluding carboxylic acids is 1. The molecule has 1 aliphatic rings. The molecule has 0 saturated carbocycles. The Morgan fingerprint density at radius 1 is 1.03 bits per heavy atom. The van der Waals surface area contributed by atoms with Gasteiger partial charge in [0.2, 0.25) is 5.91 Å². The normalized spacial score (nSPS) is 14.8. The number of piperazine rings is 1. The minimum atomic E-state index is -1.13. The van der Waals surface area contributed by atoms with Crippen LogP contribution in [0.4, 0.5) is 10.1 Å². The average molecular weight is 427 g/mol. The number of amides is 1. The number of para-hydroxylation sites is 1. The van der Waals surface area contributed by atoms with Crippen LogP contribution < -0.4 is 10.5 Å². The van der Waals surface area contributed by atoms with Gasteiger partial charge in [0.05, 0.1) is 10.6 Å². The molecule has 0 bridgehead atoms. The van der Waals surface area contributed by atoms with E-state index < -0.39 is 5.54 Å². The van der Waals surface area contributed by atoms with Crippen LogP contribution in [0.1, 0.15) is 13.8 Å². The van der Waals surface area contributed by atoms with Crippen molar-refractivity contribution in [1.29, 1.82) is 0 Å². The molecule has 3 aromatic rings. The molecule has 6 nitrogen and oxygen atoms in total. The number of thiophene rings is 1. The molecule has 8 heteroatoms. The first-order valence-corrected chi connectivity index (χ1v) is 10.7. The van der Waals surface area contributed by atoms with Gasteiger partial charge in [-0.2, -0.15) is 5.10 Å². The lowest BCUT2D eigenvalue weighted by molar-refractivity contribution is -0.140. The second-order valence-electron chi connectivity index (χ2n) is 7.74. The Labute approximate surface area is 178 Å². The molecule has 0 aliphatic carbocycles. The van der Waals surface area contributed by atoms with Crippen molar-refractivity contribution in [2.24, 2.45) is 0 Å². The van der Waals surface area contributed by atoms with Gasteiger partial charge in [0.25, 0.3) is 5.56 Å². The summed E-state index contributed by atoms with van der Waals surface area (Å²) in [7, 11) is 0. The molecule has 1 aliphatic heterocycles. The molecular formula is C22H23FN4O2S. The van der Waals surface area contributed by atoms with Crippen LogP contribution in [-0.2, 0) is 10.3 Å². The number of rotatable bonds is 4. The molecule has 30 heavy (non-hydrogen) atoms. The first-order chi connectivity index (χ1) is 14.4. The molecule has 0 N–H and O–H groups in total. The van der Waals surface area contributed by atoms with E-state index in [2.05, 4.69) is 5.10 Å². The predicted octanol–water partition coefficient (Wildman–Crippen LogP) is 3.19. The van der Waals surface area contributed by atoms with E-state index in [1.165, 1.54) is 28.2 Å². The van der Waals surface area contributed by atoms with Crippen LogP contribution in [0.5, 0.6) is 0 Å². The minimum Gasteiger partial charge on any atom is -0.366 e. The van der Waals surface area contributed by atoms with Gasteiger partial charge in [-0.1, -0.05) is 18.2 Å². The third-order valence-electron chi connectivity index (χ3n) is 5.39. The Morgan fingerprint density at radius 2 is 1.77 bits per heavy atom. The summed E-state index contributed by atoms with van der Waals surface area (Å²) in [5.41, 5.74) is -0.247. The topological polar surface area (TPSA) is 58.4 Å². The fourth-order valence-corrected chi connectivity index (χ4v) is 4.39. The highest BCUT2D eigenvalue weighted by molar-refractivity contribution is 7.13. The van der Waals surface area contributed by atoms with Gasteiger partial charge in [0.15, 0.2) is 0 Å². The fourth-order valence-electron chi connectivity index (χ4n) is 3.70. The second-order valence-corrected chi connectivity index (χ2v) is 8.68. The van der Waals surface area contributed by atoms with E-state index in [-0.39, 0.29) is 17.3 Å². The first-order valence-electron chi connectivity index (χ1n) is 9.81. The number of benzene rings is 1. The minimum absolute atomic E-state index is 0.173. The molecule has 2 aromatic heterocycles. The number of nitrogens with zero attached hydrogens (tertiary/aromatic N) is 4. The second kappa shape index (κ2) is 8.02. The van der Waals surface area contributed by atoms with Gasteiger partial charge in [-0.3, -0.25) is 9.59 Å². The average Bonchev–Trinajstić information content (AvgIpc) is 3.29. The molecule has 3 heterocycles. The van der Waals surface area contributed by atoms with E-state index in [1.807, 2.05) is 22.4 Å². The zero-order valence-electron chi connectivity index (χ0n) is 16.9. The lowest BCUT2D eigenvalue weighted by Gasteiger charge is -2.39. The van der Waals surface area contributed by atoms with Crippen LogP contribution in [0.3, 0.4) is 0 Å². The maximum absolute atomic E-state index is 14.1. The quantitative estimate of drug-likeness (QED) is 0.643. The molecule has 1 aromatic carbocycles. The first kappa shape index (κ1) is 20.3. The Kier molecular flexibility index (Phi) is 5.42. The van der Waals surface area contributed by atoms with Gasteiger partial charge >= 0.3 is 0 Å². The number of halogens is 1. The van der Waals surface area contributed by atoms with E-state index in [0.717, 1.165) is 4.88 Å². The molecular weight excluding hydrogens is 403 g/mol. The van der Waals surface area contributed by atoms with Crippen molar-refractivity contribution in [1.82, 2.24) is 14.7 Å². The number of carbonyl (C=O) groups is 1. The van der Waals surface area contributed by atoms with Gasteiger partial charge in [-0.05, 0) is 43.5 Å². The summed E-state index contributed by atoms with van der Waals surface area (Å²) in [5.74, 6) is -0.438. The zero-order valence-corrected chi connectivity index (χ0v) is 17.7. The SMILES string of the molecule is CC(C)(C(=O)N1CCN(c2ccccc2F)CC1)n1nc(-c2cccs2)ccc1=O. The van der Waals surface area contributed by atoms with Crippen LogP contribution in [-0.4, -0.2) is 46.8 Å². The lowest BCUT2D eigenvalue weighted by Crippen LogP contribution is -2.56. The van der Waals surface area contributed by atoms with Crippen molar-refractivity contribution >= 4 is 22.9 Å². The van der Waals surface area contributed by atoms with E-state index in [9.17, 15) is 14.0 Å². The van der Waals surface area contributed by atoms with Crippen LogP contribution in [0.15, 0.2) is 58.7 Å². The monoisotopic (exact) mass is 426 g/mol. The van der Waals surface area contributed by atoms with Crippen molar-refractivity contribution < 1.29 is 9.18 Å². The molecule has 0 atom stereocenters. The van der Waals surface area contributed by atoms with Crippen LogP contribution in [0.2, 0.25) is 0 Å². The summed E-state index contributed by atoms with van der Waals surface area (Å²) in [6.45, 7) is 5.39. The number of aromatic nitrogens is 2. The number of hydrogen-bond donors (Lipinski definition) is 0. The van der Waals surface area contributed by atoms with Gasteiger partial charge in [-0.15, -0.1) is 11.3 Å². The maximum atomic E-state index is 14.1. The van der Waals surface area contributed by atoms with Gasteiger partial charge in [0.1, 0.15) is 17.1 Å². The van der Waals surface area contributed by atoms with Crippen molar-refractivity contribution in [3.05, 3.63) is 70.1 Å². The molecule has 0 unspecified atom stereocenters. The summed E-state index contributed by atoms with van der Waals surface area (Å²) in [6, 6.07) is 13.6. The maximum Gasteiger partial charge on any atom is 0.267 e. The van der Waals surface area contributed by atoms with Crippen LogP contribution >= 0.6 is 11.3 Å². The van der Waals surface area contributed by atoms with Crippen molar-refractivity contribution in [2.45, 2.75) is 19.4 Å². The highest BCUT2D eigenvalue weighted by atomic mass is 32.1. The molecule has 4 rings (SSSR count). The molecule has 1 amide bonds. The smallest absolute Gasteiger partial charge is 0.267 e. The summed E-state index contributed by atoms with van der Waals surface area (Å²) in [6.07, 6.45) is 0. The third kappa shape index (κ3) is 3.75. The van der Waals surface area contributed by atoms with Crippen LogP contribution in [0.25, 0.3) is 10.6 Å².